The molecule has 0 saturated carbocycles. The molecule has 0 spiro atoms. The summed E-state index contributed by atoms with van der Waals surface area (Å²) in [6.07, 6.45) is 0. The van der Waals surface area contributed by atoms with Gasteiger partial charge in [-0.1, -0.05) is 29.8 Å². The number of methoxy groups -OCH3 is 2. The molecule has 2 aromatic carbocycles. The zero-order valence-corrected chi connectivity index (χ0v) is 19.9. The average molecular weight is 487 g/mol. The van der Waals surface area contributed by atoms with Crippen molar-refractivity contribution >= 4 is 29.1 Å². The number of para-hydroxylation sites is 1. The molecule has 1 N–H and O–H groups in total. The molecular formula is C25H27ClN2O6. The van der Waals surface area contributed by atoms with Crippen molar-refractivity contribution in [3.8, 4) is 11.5 Å². The Morgan fingerprint density at radius 1 is 1.06 bits per heavy atom. The maximum Gasteiger partial charge on any atom is 0.295 e. The van der Waals surface area contributed by atoms with Crippen molar-refractivity contribution in [3.05, 3.63) is 64.2 Å². The summed E-state index contributed by atoms with van der Waals surface area (Å²) in [5.41, 5.74) is 0.932. The molecule has 2 aromatic rings. The van der Waals surface area contributed by atoms with Crippen LogP contribution in [0.2, 0.25) is 5.02 Å². The first-order chi connectivity index (χ1) is 16.5. The van der Waals surface area contributed by atoms with Gasteiger partial charge >= 0.3 is 0 Å². The summed E-state index contributed by atoms with van der Waals surface area (Å²) in [5.74, 6) is -0.754. The Hall–Kier alpha value is -3.07. The monoisotopic (exact) mass is 486 g/mol. The van der Waals surface area contributed by atoms with E-state index in [-0.39, 0.29) is 16.4 Å². The van der Waals surface area contributed by atoms with Gasteiger partial charge in [-0.15, -0.1) is 0 Å². The number of aliphatic hydroxyl groups excluding tert-OH is 1. The Labute approximate surface area is 203 Å². The van der Waals surface area contributed by atoms with Gasteiger partial charge in [-0.2, -0.15) is 0 Å². The van der Waals surface area contributed by atoms with Crippen LogP contribution in [0, 0.1) is 0 Å². The Bertz CT molecular complexity index is 1110. The summed E-state index contributed by atoms with van der Waals surface area (Å²) in [6, 6.07) is 11.1. The van der Waals surface area contributed by atoms with Gasteiger partial charge in [0.1, 0.15) is 17.3 Å². The Balaban J connectivity index is 1.78. The fraction of sp³-hybridized carbons (Fsp3) is 0.360. The van der Waals surface area contributed by atoms with Gasteiger partial charge in [0.05, 0.1) is 44.1 Å². The molecule has 4 rings (SSSR count). The summed E-state index contributed by atoms with van der Waals surface area (Å²) in [7, 11) is 3.02. The number of morpholine rings is 1. The van der Waals surface area contributed by atoms with E-state index in [1.54, 1.807) is 24.3 Å². The van der Waals surface area contributed by atoms with E-state index in [9.17, 15) is 14.7 Å². The van der Waals surface area contributed by atoms with Gasteiger partial charge in [0.25, 0.3) is 11.7 Å². The summed E-state index contributed by atoms with van der Waals surface area (Å²) >= 11 is 6.25. The van der Waals surface area contributed by atoms with Crippen molar-refractivity contribution in [2.45, 2.75) is 6.04 Å². The predicted molar refractivity (Wildman–Crippen MR) is 127 cm³/mol. The van der Waals surface area contributed by atoms with Gasteiger partial charge in [-0.05, 0) is 24.3 Å². The first kappa shape index (κ1) is 24.1. The summed E-state index contributed by atoms with van der Waals surface area (Å²) in [6.45, 7) is 3.67. The van der Waals surface area contributed by atoms with Crippen LogP contribution in [0.1, 0.15) is 17.2 Å². The number of aliphatic hydroxyl groups is 1. The van der Waals surface area contributed by atoms with E-state index in [0.717, 1.165) is 13.1 Å². The molecule has 0 radical (unpaired) electrons. The minimum Gasteiger partial charge on any atom is -0.507 e. The number of likely N-dealkylation sites (tertiary alicyclic amines) is 1. The minimum absolute atomic E-state index is 0.00212. The van der Waals surface area contributed by atoms with E-state index < -0.39 is 17.7 Å². The molecule has 2 aliphatic rings. The first-order valence-corrected chi connectivity index (χ1v) is 11.4. The molecule has 2 fully saturated rings. The third-order valence-corrected chi connectivity index (χ3v) is 6.45. The van der Waals surface area contributed by atoms with Crippen molar-refractivity contribution in [1.82, 2.24) is 9.80 Å². The van der Waals surface area contributed by atoms with E-state index in [4.69, 9.17) is 25.8 Å². The number of carbonyl (C=O) groups is 2. The molecule has 2 saturated heterocycles. The van der Waals surface area contributed by atoms with Crippen molar-refractivity contribution in [2.24, 2.45) is 0 Å². The Morgan fingerprint density at radius 3 is 2.44 bits per heavy atom. The molecular weight excluding hydrogens is 460 g/mol. The van der Waals surface area contributed by atoms with E-state index in [1.807, 2.05) is 12.1 Å². The number of hydrogen-bond acceptors (Lipinski definition) is 7. The van der Waals surface area contributed by atoms with Crippen LogP contribution >= 0.6 is 11.6 Å². The molecule has 8 nitrogen and oxygen atoms in total. The predicted octanol–water partition coefficient (Wildman–Crippen LogP) is 3.11. The molecule has 0 unspecified atom stereocenters. The van der Waals surface area contributed by atoms with E-state index in [0.29, 0.717) is 48.9 Å². The van der Waals surface area contributed by atoms with Crippen LogP contribution in [0.4, 0.5) is 0 Å². The third kappa shape index (κ3) is 4.61. The van der Waals surface area contributed by atoms with Crippen LogP contribution in [-0.4, -0.2) is 80.2 Å². The molecule has 180 valence electrons. The fourth-order valence-corrected chi connectivity index (χ4v) is 4.63. The largest absolute Gasteiger partial charge is 0.507 e. The van der Waals surface area contributed by atoms with Gasteiger partial charge in [-0.3, -0.25) is 14.5 Å². The van der Waals surface area contributed by atoms with Crippen molar-refractivity contribution < 1.29 is 28.9 Å². The zero-order chi connectivity index (χ0) is 24.2. The lowest BCUT2D eigenvalue weighted by molar-refractivity contribution is -0.140. The molecule has 9 heteroatoms. The summed E-state index contributed by atoms with van der Waals surface area (Å²) in [5, 5.41) is 11.5. The van der Waals surface area contributed by atoms with Gasteiger partial charge in [0, 0.05) is 37.3 Å². The van der Waals surface area contributed by atoms with E-state index in [1.165, 1.54) is 25.2 Å². The van der Waals surface area contributed by atoms with Gasteiger partial charge < -0.3 is 24.2 Å². The molecule has 2 heterocycles. The highest BCUT2D eigenvalue weighted by molar-refractivity contribution is 6.46. The van der Waals surface area contributed by atoms with Crippen LogP contribution < -0.4 is 9.47 Å². The average Bonchev–Trinajstić information content (AvgIpc) is 3.12. The molecule has 0 aromatic heterocycles. The van der Waals surface area contributed by atoms with Gasteiger partial charge in [0.2, 0.25) is 0 Å². The highest BCUT2D eigenvalue weighted by Gasteiger charge is 2.47. The second-order valence-electron chi connectivity index (χ2n) is 8.04. The van der Waals surface area contributed by atoms with Gasteiger partial charge in [0.15, 0.2) is 0 Å². The minimum atomic E-state index is -0.807. The Kier molecular flexibility index (Phi) is 7.41. The number of ether oxygens (including phenoxy) is 3. The Morgan fingerprint density at radius 2 is 1.76 bits per heavy atom. The molecule has 1 amide bonds. The number of halogens is 1. The smallest absolute Gasteiger partial charge is 0.295 e. The SMILES string of the molecule is COc1ccc(C(O)=C2C(=O)C(=O)N(CCN3CCOCC3)[C@H]2c2ccccc2OC)cc1Cl. The number of nitrogens with zero attached hydrogens (tertiary/aromatic N) is 2. The topological polar surface area (TPSA) is 88.5 Å². The number of hydrogen-bond donors (Lipinski definition) is 1. The molecule has 0 bridgehead atoms. The summed E-state index contributed by atoms with van der Waals surface area (Å²) in [4.78, 5) is 30.1. The van der Waals surface area contributed by atoms with Crippen molar-refractivity contribution in [1.29, 1.82) is 0 Å². The standard InChI is InChI=1S/C25H27ClN2O6/c1-32-19-6-4-3-5-17(19)22-21(23(29)16-7-8-20(33-2)18(26)15-16)24(30)25(31)28(22)10-9-27-11-13-34-14-12-27/h3-8,15,22,29H,9-14H2,1-2H3/t22-/m0/s1. The third-order valence-electron chi connectivity index (χ3n) is 6.16. The molecule has 1 atom stereocenters. The quantitative estimate of drug-likeness (QED) is 0.365. The molecule has 0 aliphatic carbocycles. The maximum absolute atomic E-state index is 13.2. The summed E-state index contributed by atoms with van der Waals surface area (Å²) < 4.78 is 16.1. The van der Waals surface area contributed by atoms with Crippen LogP contribution in [0.25, 0.3) is 5.76 Å². The highest BCUT2D eigenvalue weighted by atomic mass is 35.5. The number of rotatable bonds is 7. The van der Waals surface area contributed by atoms with Crippen molar-refractivity contribution in [2.75, 3.05) is 53.6 Å². The second kappa shape index (κ2) is 10.5. The van der Waals surface area contributed by atoms with Crippen molar-refractivity contribution in [3.63, 3.8) is 0 Å². The van der Waals surface area contributed by atoms with Gasteiger partial charge in [-0.25, -0.2) is 0 Å². The first-order valence-electron chi connectivity index (χ1n) is 11.0. The molecule has 2 aliphatic heterocycles. The fourth-order valence-electron chi connectivity index (χ4n) is 4.37. The zero-order valence-electron chi connectivity index (χ0n) is 19.1. The van der Waals surface area contributed by atoms with Crippen LogP contribution in [0.5, 0.6) is 11.5 Å². The normalized spacial score (nSPS) is 20.6. The lowest BCUT2D eigenvalue weighted by Crippen LogP contribution is -2.42. The van der Waals surface area contributed by atoms with Crippen LogP contribution in [-0.2, 0) is 14.3 Å². The van der Waals surface area contributed by atoms with E-state index >= 15 is 0 Å². The van der Waals surface area contributed by atoms with Crippen LogP contribution in [0.15, 0.2) is 48.0 Å². The maximum atomic E-state index is 13.2. The highest BCUT2D eigenvalue weighted by Crippen LogP contribution is 2.43. The number of carbonyl (C=O) groups excluding carboxylic acids is 2. The van der Waals surface area contributed by atoms with E-state index in [2.05, 4.69) is 4.90 Å². The van der Waals surface area contributed by atoms with Crippen LogP contribution in [0.3, 0.4) is 0 Å². The number of benzene rings is 2. The number of ketones is 1. The number of amides is 1. The lowest BCUT2D eigenvalue weighted by atomic mass is 9.94. The number of Topliss-reactive ketones (excluding diaryl/α,β-unsaturated/α-hetero) is 1. The molecule has 34 heavy (non-hydrogen) atoms. The second-order valence-corrected chi connectivity index (χ2v) is 8.44. The lowest BCUT2D eigenvalue weighted by Gasteiger charge is -2.31.